The Bertz CT molecular complexity index is 616. The van der Waals surface area contributed by atoms with Gasteiger partial charge in [0.1, 0.15) is 6.10 Å². The number of hydrogen-bond acceptors (Lipinski definition) is 2. The zero-order valence-corrected chi connectivity index (χ0v) is 10.8. The number of hydrogen-bond donors (Lipinski definition) is 0. The molecule has 1 atom stereocenters. The maximum atomic E-state index is 5.83. The van der Waals surface area contributed by atoms with Crippen LogP contribution in [-0.4, -0.2) is 18.5 Å². The van der Waals surface area contributed by atoms with Crippen LogP contribution in [0.1, 0.15) is 24.5 Å². The van der Waals surface area contributed by atoms with E-state index in [9.17, 15) is 0 Å². The van der Waals surface area contributed by atoms with Crippen molar-refractivity contribution in [2.24, 2.45) is 4.99 Å². The van der Waals surface area contributed by atoms with Crippen molar-refractivity contribution in [2.45, 2.75) is 26.4 Å². The zero-order chi connectivity index (χ0) is 12.5. The second kappa shape index (κ2) is 4.45. The van der Waals surface area contributed by atoms with Gasteiger partial charge in [-0.15, -0.1) is 0 Å². The molecule has 2 nitrogen and oxygen atoms in total. The standard InChI is InChI=1S/C16H17NO/c1-3-15-10-17-16(18-15)13-7-6-12-5-4-11(2)8-14(12)9-13/h4-9,15H,3,10H2,1-2H3. The van der Waals surface area contributed by atoms with Crippen molar-refractivity contribution in [3.8, 4) is 0 Å². The molecular weight excluding hydrogens is 222 g/mol. The van der Waals surface area contributed by atoms with E-state index in [-0.39, 0.29) is 6.10 Å². The number of nitrogens with zero attached hydrogens (tertiary/aromatic N) is 1. The average Bonchev–Trinajstić information content (AvgIpc) is 2.86. The lowest BCUT2D eigenvalue weighted by Crippen LogP contribution is -2.11. The SMILES string of the molecule is CCC1CN=C(c2ccc3ccc(C)cc3c2)O1. The lowest BCUT2D eigenvalue weighted by molar-refractivity contribution is 0.220. The van der Waals surface area contributed by atoms with Gasteiger partial charge in [-0.25, -0.2) is 4.99 Å². The average molecular weight is 239 g/mol. The quantitative estimate of drug-likeness (QED) is 0.783. The van der Waals surface area contributed by atoms with Crippen molar-refractivity contribution in [2.75, 3.05) is 6.54 Å². The summed E-state index contributed by atoms with van der Waals surface area (Å²) in [5, 5.41) is 2.51. The molecule has 1 aliphatic rings. The third-order valence-corrected chi connectivity index (χ3v) is 3.41. The molecule has 1 unspecified atom stereocenters. The summed E-state index contributed by atoms with van der Waals surface area (Å²) in [4.78, 5) is 4.48. The Hall–Kier alpha value is -1.83. The molecule has 2 heteroatoms. The van der Waals surface area contributed by atoms with Gasteiger partial charge in [-0.05, 0) is 36.2 Å². The van der Waals surface area contributed by atoms with Crippen LogP contribution in [0.3, 0.4) is 0 Å². The summed E-state index contributed by atoms with van der Waals surface area (Å²) in [7, 11) is 0. The molecule has 0 spiro atoms. The number of rotatable bonds is 2. The minimum absolute atomic E-state index is 0.258. The fraction of sp³-hybridized carbons (Fsp3) is 0.312. The first kappa shape index (κ1) is 11.3. The van der Waals surface area contributed by atoms with Crippen molar-refractivity contribution in [1.82, 2.24) is 0 Å². The molecule has 1 aliphatic heterocycles. The highest BCUT2D eigenvalue weighted by Crippen LogP contribution is 2.21. The van der Waals surface area contributed by atoms with Crippen molar-refractivity contribution < 1.29 is 4.74 Å². The van der Waals surface area contributed by atoms with E-state index in [1.165, 1.54) is 16.3 Å². The van der Waals surface area contributed by atoms with Crippen LogP contribution in [0.2, 0.25) is 0 Å². The third-order valence-electron chi connectivity index (χ3n) is 3.41. The number of ether oxygens (including phenoxy) is 1. The number of aryl methyl sites for hydroxylation is 1. The molecule has 1 heterocycles. The summed E-state index contributed by atoms with van der Waals surface area (Å²) in [6.45, 7) is 5.04. The fourth-order valence-corrected chi connectivity index (χ4v) is 2.29. The summed E-state index contributed by atoms with van der Waals surface area (Å²) < 4.78 is 5.83. The van der Waals surface area contributed by atoms with E-state index in [4.69, 9.17) is 4.74 Å². The van der Waals surface area contributed by atoms with Crippen molar-refractivity contribution >= 4 is 16.7 Å². The van der Waals surface area contributed by atoms with Gasteiger partial charge in [0.25, 0.3) is 0 Å². The van der Waals surface area contributed by atoms with Crippen LogP contribution in [-0.2, 0) is 4.74 Å². The molecule has 2 aromatic carbocycles. The zero-order valence-electron chi connectivity index (χ0n) is 10.8. The van der Waals surface area contributed by atoms with Gasteiger partial charge in [0, 0.05) is 5.56 Å². The van der Waals surface area contributed by atoms with E-state index < -0.39 is 0 Å². The van der Waals surface area contributed by atoms with Gasteiger partial charge in [-0.1, -0.05) is 36.8 Å². The second-order valence-corrected chi connectivity index (χ2v) is 4.86. The molecule has 0 fully saturated rings. The summed E-state index contributed by atoms with van der Waals surface area (Å²) >= 11 is 0. The van der Waals surface area contributed by atoms with Gasteiger partial charge in [0.15, 0.2) is 0 Å². The molecule has 0 aromatic heterocycles. The van der Waals surface area contributed by atoms with E-state index in [0.717, 1.165) is 24.4 Å². The predicted molar refractivity (Wildman–Crippen MR) is 75.3 cm³/mol. The normalized spacial score (nSPS) is 18.8. The van der Waals surface area contributed by atoms with Crippen LogP contribution in [0, 0.1) is 6.92 Å². The van der Waals surface area contributed by atoms with Crippen LogP contribution < -0.4 is 0 Å². The Balaban J connectivity index is 1.98. The van der Waals surface area contributed by atoms with Crippen molar-refractivity contribution in [3.63, 3.8) is 0 Å². The van der Waals surface area contributed by atoms with E-state index in [1.807, 2.05) is 0 Å². The molecule has 18 heavy (non-hydrogen) atoms. The highest BCUT2D eigenvalue weighted by molar-refractivity contribution is 5.99. The number of benzene rings is 2. The second-order valence-electron chi connectivity index (χ2n) is 4.86. The molecule has 92 valence electrons. The predicted octanol–water partition coefficient (Wildman–Crippen LogP) is 3.70. The molecule has 2 aromatic rings. The Morgan fingerprint density at radius 1 is 1.17 bits per heavy atom. The molecular formula is C16H17NO. The summed E-state index contributed by atoms with van der Waals surface area (Å²) in [5.41, 5.74) is 2.37. The van der Waals surface area contributed by atoms with E-state index in [1.54, 1.807) is 0 Å². The van der Waals surface area contributed by atoms with Gasteiger partial charge in [-0.3, -0.25) is 0 Å². The molecule has 3 rings (SSSR count). The van der Waals surface area contributed by atoms with Crippen LogP contribution in [0.15, 0.2) is 41.4 Å². The Labute approximate surface area is 107 Å². The smallest absolute Gasteiger partial charge is 0.216 e. The highest BCUT2D eigenvalue weighted by Gasteiger charge is 2.19. The lowest BCUT2D eigenvalue weighted by atomic mass is 10.0. The maximum absolute atomic E-state index is 5.83. The van der Waals surface area contributed by atoms with Gasteiger partial charge in [0.05, 0.1) is 6.54 Å². The molecule has 0 N–H and O–H groups in total. The minimum atomic E-state index is 0.258. The van der Waals surface area contributed by atoms with Crippen molar-refractivity contribution in [1.29, 1.82) is 0 Å². The van der Waals surface area contributed by atoms with Gasteiger partial charge in [-0.2, -0.15) is 0 Å². The summed E-state index contributed by atoms with van der Waals surface area (Å²) in [6.07, 6.45) is 1.27. The first-order valence-corrected chi connectivity index (χ1v) is 6.48. The maximum Gasteiger partial charge on any atom is 0.216 e. The first-order valence-electron chi connectivity index (χ1n) is 6.48. The van der Waals surface area contributed by atoms with E-state index >= 15 is 0 Å². The summed E-state index contributed by atoms with van der Waals surface area (Å²) in [6, 6.07) is 12.9. The van der Waals surface area contributed by atoms with Gasteiger partial charge < -0.3 is 4.74 Å². The van der Waals surface area contributed by atoms with Gasteiger partial charge >= 0.3 is 0 Å². The Morgan fingerprint density at radius 2 is 2.00 bits per heavy atom. The van der Waals surface area contributed by atoms with Crippen molar-refractivity contribution in [3.05, 3.63) is 47.5 Å². The summed E-state index contributed by atoms with van der Waals surface area (Å²) in [5.74, 6) is 0.797. The largest absolute Gasteiger partial charge is 0.472 e. The number of aliphatic imine (C=N–C) groups is 1. The third kappa shape index (κ3) is 1.99. The van der Waals surface area contributed by atoms with Crippen LogP contribution in [0.25, 0.3) is 10.8 Å². The molecule has 0 radical (unpaired) electrons. The van der Waals surface area contributed by atoms with E-state index in [2.05, 4.69) is 55.2 Å². The molecule has 0 amide bonds. The van der Waals surface area contributed by atoms with Crippen LogP contribution in [0.5, 0.6) is 0 Å². The van der Waals surface area contributed by atoms with Crippen LogP contribution >= 0.6 is 0 Å². The molecule has 0 saturated carbocycles. The molecule has 0 bridgehead atoms. The molecule has 0 saturated heterocycles. The Kier molecular flexibility index (Phi) is 2.78. The highest BCUT2D eigenvalue weighted by atomic mass is 16.5. The fourth-order valence-electron chi connectivity index (χ4n) is 2.29. The minimum Gasteiger partial charge on any atom is -0.472 e. The first-order chi connectivity index (χ1) is 8.76. The Morgan fingerprint density at radius 3 is 2.78 bits per heavy atom. The molecule has 0 aliphatic carbocycles. The topological polar surface area (TPSA) is 21.6 Å². The lowest BCUT2D eigenvalue weighted by Gasteiger charge is -2.09. The monoisotopic (exact) mass is 239 g/mol. The van der Waals surface area contributed by atoms with Gasteiger partial charge in [0.2, 0.25) is 5.90 Å². The van der Waals surface area contributed by atoms with Crippen LogP contribution in [0.4, 0.5) is 0 Å². The van der Waals surface area contributed by atoms with E-state index in [0.29, 0.717) is 0 Å². The number of fused-ring (bicyclic) bond motifs is 1.